The highest BCUT2D eigenvalue weighted by Crippen LogP contribution is 2.32. The maximum Gasteiger partial charge on any atom is 0.264 e. The zero-order valence-electron chi connectivity index (χ0n) is 11.1. The minimum absolute atomic E-state index is 0.0707. The van der Waals surface area contributed by atoms with E-state index in [4.69, 9.17) is 4.74 Å². The van der Waals surface area contributed by atoms with Gasteiger partial charge in [-0.05, 0) is 46.6 Å². The summed E-state index contributed by atoms with van der Waals surface area (Å²) in [6.07, 6.45) is 1.87. The number of H-pyrrole nitrogens is 1. The molecule has 1 aliphatic rings. The Kier molecular flexibility index (Phi) is 3.89. The Morgan fingerprint density at radius 1 is 1.35 bits per heavy atom. The topological polar surface area (TPSA) is 55.0 Å². The zero-order valence-corrected chi connectivity index (χ0v) is 13.3. The van der Waals surface area contributed by atoms with Gasteiger partial charge in [0, 0.05) is 13.0 Å². The standard InChI is InChI=1S/C15H15IN2O2/c1-20-8-12-13(16)15(19)18-14(17-12)11-6-9-4-2-3-5-10(9)7-11/h2-5,11H,6-8H2,1H3,(H,17,18,19). The molecule has 0 bridgehead atoms. The summed E-state index contributed by atoms with van der Waals surface area (Å²) in [5.74, 6) is 1.03. The molecule has 1 N–H and O–H groups in total. The molecule has 0 saturated carbocycles. The monoisotopic (exact) mass is 382 g/mol. The molecule has 0 atom stereocenters. The van der Waals surface area contributed by atoms with E-state index in [0.29, 0.717) is 10.2 Å². The molecule has 2 aromatic rings. The Hall–Kier alpha value is -1.21. The van der Waals surface area contributed by atoms with Crippen molar-refractivity contribution in [3.63, 3.8) is 0 Å². The quantitative estimate of drug-likeness (QED) is 0.830. The molecule has 1 aromatic heterocycles. The van der Waals surface area contributed by atoms with Crippen molar-refractivity contribution in [3.8, 4) is 0 Å². The first-order valence-corrected chi connectivity index (χ1v) is 7.61. The highest BCUT2D eigenvalue weighted by molar-refractivity contribution is 14.1. The molecule has 0 aliphatic heterocycles. The van der Waals surface area contributed by atoms with Crippen LogP contribution in [0.25, 0.3) is 0 Å². The van der Waals surface area contributed by atoms with Gasteiger partial charge in [-0.3, -0.25) is 4.79 Å². The summed E-state index contributed by atoms with van der Waals surface area (Å²) in [5, 5.41) is 0. The summed E-state index contributed by atoms with van der Waals surface area (Å²) in [4.78, 5) is 19.5. The molecule has 1 aliphatic carbocycles. The van der Waals surface area contributed by atoms with Gasteiger partial charge in [0.15, 0.2) is 0 Å². The van der Waals surface area contributed by atoms with E-state index < -0.39 is 0 Å². The Balaban J connectivity index is 1.95. The lowest BCUT2D eigenvalue weighted by molar-refractivity contribution is 0.180. The minimum Gasteiger partial charge on any atom is -0.378 e. The maximum absolute atomic E-state index is 12.0. The summed E-state index contributed by atoms with van der Waals surface area (Å²) in [5.41, 5.74) is 3.36. The van der Waals surface area contributed by atoms with Gasteiger partial charge in [-0.1, -0.05) is 24.3 Å². The van der Waals surface area contributed by atoms with Crippen molar-refractivity contribution >= 4 is 22.6 Å². The van der Waals surface area contributed by atoms with Gasteiger partial charge in [0.05, 0.1) is 12.3 Å². The van der Waals surface area contributed by atoms with Crippen LogP contribution in [0.2, 0.25) is 0 Å². The van der Waals surface area contributed by atoms with E-state index in [1.807, 2.05) is 22.6 Å². The molecule has 5 heteroatoms. The molecule has 20 heavy (non-hydrogen) atoms. The van der Waals surface area contributed by atoms with Gasteiger partial charge in [0.1, 0.15) is 9.39 Å². The van der Waals surface area contributed by atoms with E-state index >= 15 is 0 Å². The third-order valence-electron chi connectivity index (χ3n) is 3.67. The zero-order chi connectivity index (χ0) is 14.1. The Bertz CT molecular complexity index is 672. The van der Waals surface area contributed by atoms with Gasteiger partial charge in [0.25, 0.3) is 5.56 Å². The summed E-state index contributed by atoms with van der Waals surface area (Å²) in [6.45, 7) is 0.370. The number of aromatic amines is 1. The van der Waals surface area contributed by atoms with Gasteiger partial charge in [0.2, 0.25) is 0 Å². The minimum atomic E-state index is -0.0707. The smallest absolute Gasteiger partial charge is 0.264 e. The van der Waals surface area contributed by atoms with Gasteiger partial charge in [-0.25, -0.2) is 4.98 Å². The normalized spacial score (nSPS) is 14.5. The molecule has 0 fully saturated rings. The molecule has 0 spiro atoms. The van der Waals surface area contributed by atoms with Crippen molar-refractivity contribution in [1.82, 2.24) is 9.97 Å². The second kappa shape index (κ2) is 5.65. The van der Waals surface area contributed by atoms with Crippen molar-refractivity contribution in [2.75, 3.05) is 7.11 Å². The summed E-state index contributed by atoms with van der Waals surface area (Å²) in [6, 6.07) is 8.41. The van der Waals surface area contributed by atoms with Crippen LogP contribution in [-0.4, -0.2) is 17.1 Å². The van der Waals surface area contributed by atoms with Crippen molar-refractivity contribution in [2.24, 2.45) is 0 Å². The van der Waals surface area contributed by atoms with Gasteiger partial charge in [-0.15, -0.1) is 0 Å². The average Bonchev–Trinajstić information content (AvgIpc) is 2.87. The first kappa shape index (κ1) is 13.8. The van der Waals surface area contributed by atoms with E-state index in [1.54, 1.807) is 7.11 Å². The van der Waals surface area contributed by atoms with Gasteiger partial charge >= 0.3 is 0 Å². The molecular formula is C15H15IN2O2. The van der Waals surface area contributed by atoms with E-state index in [-0.39, 0.29) is 11.5 Å². The number of hydrogen-bond donors (Lipinski definition) is 1. The van der Waals surface area contributed by atoms with Crippen molar-refractivity contribution < 1.29 is 4.74 Å². The lowest BCUT2D eigenvalue weighted by atomic mass is 10.1. The first-order valence-electron chi connectivity index (χ1n) is 6.53. The summed E-state index contributed by atoms with van der Waals surface area (Å²) < 4.78 is 5.74. The predicted octanol–water partition coefficient (Wildman–Crippen LogP) is 2.40. The number of halogens is 1. The van der Waals surface area contributed by atoms with Crippen LogP contribution in [0.15, 0.2) is 29.1 Å². The molecule has 0 unspecified atom stereocenters. The molecule has 4 nitrogen and oxygen atoms in total. The number of benzene rings is 1. The van der Waals surface area contributed by atoms with Crippen LogP contribution in [0.5, 0.6) is 0 Å². The van der Waals surface area contributed by atoms with E-state index in [9.17, 15) is 4.79 Å². The fourth-order valence-corrected chi connectivity index (χ4v) is 3.11. The Morgan fingerprint density at radius 3 is 2.60 bits per heavy atom. The van der Waals surface area contributed by atoms with Crippen LogP contribution in [0.1, 0.15) is 28.6 Å². The molecular weight excluding hydrogens is 367 g/mol. The number of nitrogens with zero attached hydrogens (tertiary/aromatic N) is 1. The lowest BCUT2D eigenvalue weighted by Crippen LogP contribution is -2.20. The van der Waals surface area contributed by atoms with Crippen molar-refractivity contribution in [1.29, 1.82) is 0 Å². The fourth-order valence-electron chi connectivity index (χ4n) is 2.70. The van der Waals surface area contributed by atoms with Crippen LogP contribution >= 0.6 is 22.6 Å². The largest absolute Gasteiger partial charge is 0.378 e. The van der Waals surface area contributed by atoms with Crippen LogP contribution in [0, 0.1) is 3.57 Å². The predicted molar refractivity (Wildman–Crippen MR) is 84.9 cm³/mol. The molecule has 104 valence electrons. The van der Waals surface area contributed by atoms with E-state index in [0.717, 1.165) is 24.4 Å². The third-order valence-corrected chi connectivity index (χ3v) is 4.78. The van der Waals surface area contributed by atoms with Crippen LogP contribution in [0.3, 0.4) is 0 Å². The number of hydrogen-bond acceptors (Lipinski definition) is 3. The number of rotatable bonds is 3. The molecule has 1 heterocycles. The number of nitrogens with one attached hydrogen (secondary N) is 1. The van der Waals surface area contributed by atoms with Crippen molar-refractivity contribution in [3.05, 3.63) is 60.8 Å². The third kappa shape index (κ3) is 2.52. The van der Waals surface area contributed by atoms with Crippen LogP contribution < -0.4 is 5.56 Å². The van der Waals surface area contributed by atoms with Gasteiger partial charge < -0.3 is 9.72 Å². The highest BCUT2D eigenvalue weighted by atomic mass is 127. The molecule has 3 rings (SSSR count). The van der Waals surface area contributed by atoms with Crippen LogP contribution in [-0.2, 0) is 24.2 Å². The van der Waals surface area contributed by atoms with Gasteiger partial charge in [-0.2, -0.15) is 0 Å². The molecule has 0 radical (unpaired) electrons. The average molecular weight is 382 g/mol. The number of methoxy groups -OCH3 is 1. The maximum atomic E-state index is 12.0. The second-order valence-corrected chi connectivity index (χ2v) is 6.10. The SMILES string of the molecule is COCc1nc(C2Cc3ccccc3C2)[nH]c(=O)c1I. The molecule has 0 amide bonds. The summed E-state index contributed by atoms with van der Waals surface area (Å²) in [7, 11) is 1.62. The van der Waals surface area contributed by atoms with Crippen molar-refractivity contribution in [2.45, 2.75) is 25.4 Å². The van der Waals surface area contributed by atoms with Crippen LogP contribution in [0.4, 0.5) is 0 Å². The number of aromatic nitrogens is 2. The highest BCUT2D eigenvalue weighted by Gasteiger charge is 2.25. The summed E-state index contributed by atoms with van der Waals surface area (Å²) >= 11 is 2.02. The number of ether oxygens (including phenoxy) is 1. The Labute approximate surface area is 130 Å². The second-order valence-electron chi connectivity index (χ2n) is 5.02. The Morgan fingerprint density at radius 2 is 2.00 bits per heavy atom. The number of fused-ring (bicyclic) bond motifs is 1. The van der Waals surface area contributed by atoms with E-state index in [2.05, 4.69) is 34.2 Å². The first-order chi connectivity index (χ1) is 9.69. The molecule has 1 aromatic carbocycles. The fraction of sp³-hybridized carbons (Fsp3) is 0.333. The van der Waals surface area contributed by atoms with E-state index in [1.165, 1.54) is 11.1 Å². The molecule has 0 saturated heterocycles. The lowest BCUT2D eigenvalue weighted by Gasteiger charge is -2.11.